The molecule has 0 fully saturated rings. The maximum Gasteiger partial charge on any atom is 0.159 e. The Morgan fingerprint density at radius 3 is 1.50 bits per heavy atom. The molecule has 0 radical (unpaired) electrons. The number of aliphatic imine (C=N–C) groups is 2. The average molecular weight is 617 g/mol. The van der Waals surface area contributed by atoms with Crippen LogP contribution in [0.1, 0.15) is 22.9 Å². The summed E-state index contributed by atoms with van der Waals surface area (Å²) in [4.78, 5) is 15.3. The summed E-state index contributed by atoms with van der Waals surface area (Å²) in [7, 11) is 0. The zero-order chi connectivity index (χ0) is 32.1. The zero-order valence-electron chi connectivity index (χ0n) is 26.2. The summed E-state index contributed by atoms with van der Waals surface area (Å²) < 4.78 is 0. The normalized spacial score (nSPS) is 14.0. The van der Waals surface area contributed by atoms with Gasteiger partial charge in [0.15, 0.2) is 5.84 Å². The molecule has 1 aliphatic rings. The first-order valence-electron chi connectivity index (χ1n) is 16.1. The van der Waals surface area contributed by atoms with E-state index >= 15 is 0 Å². The second kappa shape index (κ2) is 13.1. The summed E-state index contributed by atoms with van der Waals surface area (Å²) in [6, 6.07) is 62.9. The molecule has 0 spiro atoms. The number of benzene rings is 6. The molecule has 1 N–H and O–H groups in total. The first-order chi connectivity index (χ1) is 23.8. The van der Waals surface area contributed by atoms with Crippen LogP contribution in [0, 0.1) is 0 Å². The molecular formula is C44H32N4. The molecule has 228 valence electrons. The predicted octanol–water partition coefficient (Wildman–Crippen LogP) is 10.2. The third kappa shape index (κ3) is 6.20. The minimum Gasteiger partial charge on any atom is -0.344 e. The first kappa shape index (κ1) is 29.0. The van der Waals surface area contributed by atoms with Gasteiger partial charge in [0.25, 0.3) is 0 Å². The molecule has 1 atom stereocenters. The Balaban J connectivity index is 1.18. The number of hydrogen-bond acceptors (Lipinski definition) is 4. The van der Waals surface area contributed by atoms with E-state index in [1.807, 2.05) is 48.5 Å². The summed E-state index contributed by atoms with van der Waals surface area (Å²) in [6.07, 6.45) is -0.248. The van der Waals surface area contributed by atoms with Gasteiger partial charge in [-0.05, 0) is 52.1 Å². The van der Waals surface area contributed by atoms with Gasteiger partial charge in [0.2, 0.25) is 0 Å². The lowest BCUT2D eigenvalue weighted by molar-refractivity contribution is 0.674. The molecule has 1 aromatic heterocycles. The molecular weight excluding hydrogens is 585 g/mol. The van der Waals surface area contributed by atoms with Gasteiger partial charge in [-0.15, -0.1) is 0 Å². The molecule has 4 nitrogen and oxygen atoms in total. The molecule has 0 saturated carbocycles. The lowest BCUT2D eigenvalue weighted by atomic mass is 9.97. The lowest BCUT2D eigenvalue weighted by Crippen LogP contribution is -2.33. The molecule has 1 aliphatic heterocycles. The minimum absolute atomic E-state index is 0.248. The molecule has 1 unspecified atom stereocenters. The van der Waals surface area contributed by atoms with E-state index in [4.69, 9.17) is 15.0 Å². The molecule has 7 aromatic rings. The Labute approximate surface area is 280 Å². The van der Waals surface area contributed by atoms with Gasteiger partial charge in [-0.3, -0.25) is 0 Å². The number of hydrogen-bond donors (Lipinski definition) is 1. The van der Waals surface area contributed by atoms with Crippen LogP contribution in [-0.2, 0) is 0 Å². The summed E-state index contributed by atoms with van der Waals surface area (Å²) in [5.41, 5.74) is 11.6. The number of pyridine rings is 1. The van der Waals surface area contributed by atoms with Crippen LogP contribution in [0.4, 0.5) is 0 Å². The number of nitrogens with one attached hydrogen (secondary N) is 1. The standard InChI is InChI=1S/C44H32N4/c1-5-15-31(16-6-1)39-29-40(32-17-7-2-8-18-32)45-41(30-39)37-25-13-23-35(27-37)36-24-14-26-38(28-36)44-47-42(33-19-9-3-10-20-33)46-43(48-44)34-21-11-4-12-22-34/h1-30,42H,(H,46,47,48). The van der Waals surface area contributed by atoms with Crippen molar-refractivity contribution in [2.75, 3.05) is 0 Å². The number of nitrogens with zero attached hydrogens (tertiary/aromatic N) is 3. The Bertz CT molecular complexity index is 2190. The van der Waals surface area contributed by atoms with E-state index < -0.39 is 0 Å². The monoisotopic (exact) mass is 616 g/mol. The molecule has 2 heterocycles. The van der Waals surface area contributed by atoms with Crippen molar-refractivity contribution < 1.29 is 0 Å². The highest BCUT2D eigenvalue weighted by atomic mass is 15.2. The Morgan fingerprint density at radius 1 is 0.375 bits per heavy atom. The fourth-order valence-electron chi connectivity index (χ4n) is 6.06. The van der Waals surface area contributed by atoms with Crippen molar-refractivity contribution in [2.24, 2.45) is 9.98 Å². The lowest BCUT2D eigenvalue weighted by Gasteiger charge is -2.23. The maximum atomic E-state index is 5.16. The fourth-order valence-corrected chi connectivity index (χ4v) is 6.06. The van der Waals surface area contributed by atoms with Crippen molar-refractivity contribution >= 4 is 11.7 Å². The third-order valence-corrected chi connectivity index (χ3v) is 8.52. The summed E-state index contributed by atoms with van der Waals surface area (Å²) in [5.74, 6) is 1.50. The SMILES string of the molecule is c1ccc(C2=NC(c3cccc(-c4cccc(-c5cc(-c6ccccc6)cc(-c6ccccc6)n5)c4)c3)=NC(c3ccccc3)N2)cc1. The average Bonchev–Trinajstić information content (AvgIpc) is 3.19. The molecule has 0 aliphatic carbocycles. The van der Waals surface area contributed by atoms with Crippen LogP contribution >= 0.6 is 0 Å². The summed E-state index contributed by atoms with van der Waals surface area (Å²) >= 11 is 0. The van der Waals surface area contributed by atoms with Crippen LogP contribution in [-0.4, -0.2) is 16.7 Å². The molecule has 0 saturated heterocycles. The molecule has 6 aromatic carbocycles. The van der Waals surface area contributed by atoms with Crippen LogP contribution < -0.4 is 5.32 Å². The molecule has 4 heteroatoms. The van der Waals surface area contributed by atoms with Crippen molar-refractivity contribution in [1.82, 2.24) is 10.3 Å². The van der Waals surface area contributed by atoms with E-state index in [9.17, 15) is 0 Å². The number of amidine groups is 2. The van der Waals surface area contributed by atoms with Gasteiger partial charge in [-0.1, -0.05) is 158 Å². The first-order valence-corrected chi connectivity index (χ1v) is 16.1. The highest BCUT2D eigenvalue weighted by Crippen LogP contribution is 2.33. The van der Waals surface area contributed by atoms with E-state index in [0.717, 1.165) is 67.3 Å². The van der Waals surface area contributed by atoms with Gasteiger partial charge in [0.1, 0.15) is 12.0 Å². The van der Waals surface area contributed by atoms with E-state index in [-0.39, 0.29) is 6.17 Å². The summed E-state index contributed by atoms with van der Waals surface area (Å²) in [6.45, 7) is 0. The molecule has 48 heavy (non-hydrogen) atoms. The van der Waals surface area contributed by atoms with E-state index in [1.54, 1.807) is 0 Å². The van der Waals surface area contributed by atoms with Crippen molar-refractivity contribution in [2.45, 2.75) is 6.17 Å². The fraction of sp³-hybridized carbons (Fsp3) is 0.0227. The maximum absolute atomic E-state index is 5.16. The Kier molecular flexibility index (Phi) is 7.96. The van der Waals surface area contributed by atoms with Crippen LogP contribution in [0.2, 0.25) is 0 Å². The minimum atomic E-state index is -0.248. The van der Waals surface area contributed by atoms with Crippen LogP contribution in [0.5, 0.6) is 0 Å². The van der Waals surface area contributed by atoms with Crippen LogP contribution in [0.25, 0.3) is 44.8 Å². The second-order valence-corrected chi connectivity index (χ2v) is 11.8. The Morgan fingerprint density at radius 2 is 0.854 bits per heavy atom. The molecule has 0 amide bonds. The van der Waals surface area contributed by atoms with Gasteiger partial charge in [-0.2, -0.15) is 0 Å². The largest absolute Gasteiger partial charge is 0.344 e. The van der Waals surface area contributed by atoms with E-state index in [0.29, 0.717) is 5.84 Å². The van der Waals surface area contributed by atoms with Gasteiger partial charge < -0.3 is 5.32 Å². The van der Waals surface area contributed by atoms with Gasteiger partial charge in [0.05, 0.1) is 11.4 Å². The highest BCUT2D eigenvalue weighted by molar-refractivity contribution is 6.13. The summed E-state index contributed by atoms with van der Waals surface area (Å²) in [5, 5.41) is 3.55. The topological polar surface area (TPSA) is 49.6 Å². The van der Waals surface area contributed by atoms with Crippen LogP contribution in [0.15, 0.2) is 192 Å². The van der Waals surface area contributed by atoms with Gasteiger partial charge in [-0.25, -0.2) is 15.0 Å². The van der Waals surface area contributed by atoms with Gasteiger partial charge in [0, 0.05) is 22.3 Å². The molecule has 8 rings (SSSR count). The number of aromatic nitrogens is 1. The van der Waals surface area contributed by atoms with Crippen molar-refractivity contribution in [3.05, 3.63) is 199 Å². The van der Waals surface area contributed by atoms with Gasteiger partial charge >= 0.3 is 0 Å². The van der Waals surface area contributed by atoms with Crippen LogP contribution in [0.3, 0.4) is 0 Å². The number of rotatable bonds is 7. The quantitative estimate of drug-likeness (QED) is 0.194. The van der Waals surface area contributed by atoms with E-state index in [2.05, 4.69) is 139 Å². The highest BCUT2D eigenvalue weighted by Gasteiger charge is 2.21. The van der Waals surface area contributed by atoms with Crippen molar-refractivity contribution in [3.63, 3.8) is 0 Å². The van der Waals surface area contributed by atoms with Crippen molar-refractivity contribution in [3.8, 4) is 44.8 Å². The zero-order valence-corrected chi connectivity index (χ0v) is 26.2. The predicted molar refractivity (Wildman–Crippen MR) is 198 cm³/mol. The van der Waals surface area contributed by atoms with Crippen molar-refractivity contribution in [1.29, 1.82) is 0 Å². The third-order valence-electron chi connectivity index (χ3n) is 8.52. The second-order valence-electron chi connectivity index (χ2n) is 11.8. The molecule has 0 bridgehead atoms. The smallest absolute Gasteiger partial charge is 0.159 e. The van der Waals surface area contributed by atoms with E-state index in [1.165, 1.54) is 0 Å². The Hall–Kier alpha value is -6.39.